The molecule has 5 nitrogen and oxygen atoms in total. The van der Waals surface area contributed by atoms with E-state index in [1.807, 2.05) is 0 Å². The minimum atomic E-state index is -1.12. The van der Waals surface area contributed by atoms with Crippen LogP contribution >= 0.6 is 11.6 Å². The Morgan fingerprint density at radius 2 is 2.15 bits per heavy atom. The van der Waals surface area contributed by atoms with Crippen LogP contribution in [0.2, 0.25) is 5.28 Å². The molecule has 1 aromatic rings. The summed E-state index contributed by atoms with van der Waals surface area (Å²) in [5, 5.41) is 8.58. The van der Waals surface area contributed by atoms with Crippen molar-refractivity contribution < 1.29 is 9.90 Å². The Kier molecular flexibility index (Phi) is 2.67. The normalized spacial score (nSPS) is 9.77. The maximum absolute atomic E-state index is 10.6. The first kappa shape index (κ1) is 9.73. The summed E-state index contributed by atoms with van der Waals surface area (Å²) in [5.41, 5.74) is -0.108. The van der Waals surface area contributed by atoms with E-state index in [1.54, 1.807) is 19.0 Å². The number of nitrogens with zero attached hydrogens (tertiary/aromatic N) is 3. The fourth-order valence-electron chi connectivity index (χ4n) is 0.744. The van der Waals surface area contributed by atoms with Crippen molar-refractivity contribution in [2.24, 2.45) is 0 Å². The van der Waals surface area contributed by atoms with Gasteiger partial charge in [0.25, 0.3) is 0 Å². The van der Waals surface area contributed by atoms with Gasteiger partial charge in [-0.3, -0.25) is 0 Å². The summed E-state index contributed by atoms with van der Waals surface area (Å²) in [6.07, 6.45) is 0. The van der Waals surface area contributed by atoms with Gasteiger partial charge < -0.3 is 10.0 Å². The van der Waals surface area contributed by atoms with E-state index in [0.717, 1.165) is 0 Å². The van der Waals surface area contributed by atoms with Gasteiger partial charge in [-0.1, -0.05) is 0 Å². The Balaban J connectivity index is 3.19. The van der Waals surface area contributed by atoms with Gasteiger partial charge in [-0.25, -0.2) is 14.8 Å². The zero-order valence-corrected chi connectivity index (χ0v) is 7.91. The highest BCUT2D eigenvalue weighted by Crippen LogP contribution is 2.12. The molecule has 0 unspecified atom stereocenters. The van der Waals surface area contributed by atoms with Crippen LogP contribution in [-0.2, 0) is 0 Å². The Morgan fingerprint density at radius 3 is 2.62 bits per heavy atom. The van der Waals surface area contributed by atoms with E-state index in [4.69, 9.17) is 16.7 Å². The first-order valence-electron chi connectivity index (χ1n) is 3.46. The summed E-state index contributed by atoms with van der Waals surface area (Å²) in [4.78, 5) is 19.6. The number of hydrogen-bond acceptors (Lipinski definition) is 4. The molecule has 1 rings (SSSR count). The Bertz CT molecular complexity index is 341. The third-order valence-electron chi connectivity index (χ3n) is 1.36. The van der Waals surface area contributed by atoms with Crippen LogP contribution in [0.15, 0.2) is 6.07 Å². The number of rotatable bonds is 2. The van der Waals surface area contributed by atoms with Gasteiger partial charge in [-0.15, -0.1) is 0 Å². The summed E-state index contributed by atoms with van der Waals surface area (Å²) in [6, 6.07) is 1.36. The van der Waals surface area contributed by atoms with Gasteiger partial charge in [0, 0.05) is 20.2 Å². The fourth-order valence-corrected chi connectivity index (χ4v) is 0.922. The second kappa shape index (κ2) is 3.57. The second-order valence-corrected chi connectivity index (χ2v) is 2.92. The Morgan fingerprint density at radius 1 is 1.54 bits per heavy atom. The summed E-state index contributed by atoms with van der Waals surface area (Å²) in [5.74, 6) is -0.648. The number of aromatic carboxylic acids is 1. The maximum atomic E-state index is 10.6. The molecule has 0 aromatic carbocycles. The standard InChI is InChI=1S/C7H8ClN3O2/c1-11(2)5-3-4(6(12)13)9-7(8)10-5/h3H,1-2H3,(H,12,13). The molecule has 1 heterocycles. The molecule has 0 saturated carbocycles. The molecule has 0 saturated heterocycles. The molecule has 0 bridgehead atoms. The topological polar surface area (TPSA) is 66.3 Å². The highest BCUT2D eigenvalue weighted by atomic mass is 35.5. The van der Waals surface area contributed by atoms with Gasteiger partial charge >= 0.3 is 5.97 Å². The van der Waals surface area contributed by atoms with Crippen molar-refractivity contribution >= 4 is 23.4 Å². The zero-order valence-electron chi connectivity index (χ0n) is 7.15. The first-order chi connectivity index (χ1) is 6.00. The molecule has 70 valence electrons. The number of hydrogen-bond donors (Lipinski definition) is 1. The van der Waals surface area contributed by atoms with Gasteiger partial charge in [0.15, 0.2) is 5.69 Å². The quantitative estimate of drug-likeness (QED) is 0.720. The van der Waals surface area contributed by atoms with Crippen LogP contribution in [0, 0.1) is 0 Å². The van der Waals surface area contributed by atoms with Crippen molar-refractivity contribution in [2.75, 3.05) is 19.0 Å². The molecular weight excluding hydrogens is 194 g/mol. The number of halogens is 1. The van der Waals surface area contributed by atoms with Crippen LogP contribution in [0.3, 0.4) is 0 Å². The van der Waals surface area contributed by atoms with E-state index in [2.05, 4.69) is 9.97 Å². The van der Waals surface area contributed by atoms with E-state index >= 15 is 0 Å². The molecule has 0 aliphatic carbocycles. The van der Waals surface area contributed by atoms with E-state index in [0.29, 0.717) is 5.82 Å². The third kappa shape index (κ3) is 2.29. The minimum absolute atomic E-state index is 0.0661. The lowest BCUT2D eigenvalue weighted by molar-refractivity contribution is 0.0690. The van der Waals surface area contributed by atoms with Crippen molar-refractivity contribution in [3.63, 3.8) is 0 Å². The van der Waals surface area contributed by atoms with Crippen molar-refractivity contribution in [2.45, 2.75) is 0 Å². The predicted octanol–water partition coefficient (Wildman–Crippen LogP) is 0.894. The monoisotopic (exact) mass is 201 g/mol. The molecule has 0 atom stereocenters. The highest BCUT2D eigenvalue weighted by Gasteiger charge is 2.09. The minimum Gasteiger partial charge on any atom is -0.477 e. The molecule has 1 N–H and O–H groups in total. The third-order valence-corrected chi connectivity index (χ3v) is 1.53. The Hall–Kier alpha value is -1.36. The molecule has 0 aliphatic rings. The largest absolute Gasteiger partial charge is 0.477 e. The van der Waals surface area contributed by atoms with Crippen LogP contribution in [0.1, 0.15) is 10.5 Å². The predicted molar refractivity (Wildman–Crippen MR) is 48.3 cm³/mol. The lowest BCUT2D eigenvalue weighted by Gasteiger charge is -2.10. The smallest absolute Gasteiger partial charge is 0.354 e. The molecule has 0 radical (unpaired) electrons. The van der Waals surface area contributed by atoms with Crippen molar-refractivity contribution in [1.82, 2.24) is 9.97 Å². The lowest BCUT2D eigenvalue weighted by Crippen LogP contribution is -2.13. The zero-order chi connectivity index (χ0) is 10.0. The highest BCUT2D eigenvalue weighted by molar-refractivity contribution is 6.28. The number of anilines is 1. The summed E-state index contributed by atoms with van der Waals surface area (Å²) in [6.45, 7) is 0. The molecule has 0 aliphatic heterocycles. The molecule has 0 amide bonds. The van der Waals surface area contributed by atoms with E-state index < -0.39 is 5.97 Å². The van der Waals surface area contributed by atoms with Crippen molar-refractivity contribution in [3.05, 3.63) is 17.0 Å². The van der Waals surface area contributed by atoms with Crippen molar-refractivity contribution in [3.8, 4) is 0 Å². The van der Waals surface area contributed by atoms with E-state index in [9.17, 15) is 4.79 Å². The summed E-state index contributed by atoms with van der Waals surface area (Å²) >= 11 is 5.53. The molecule has 1 aromatic heterocycles. The van der Waals surface area contributed by atoms with Crippen LogP contribution < -0.4 is 4.90 Å². The number of carboxylic acid groups (broad SMARTS) is 1. The second-order valence-electron chi connectivity index (χ2n) is 2.58. The van der Waals surface area contributed by atoms with Crippen LogP contribution in [-0.4, -0.2) is 35.1 Å². The number of carboxylic acids is 1. The van der Waals surface area contributed by atoms with Crippen LogP contribution in [0.4, 0.5) is 5.82 Å². The van der Waals surface area contributed by atoms with Crippen molar-refractivity contribution in [1.29, 1.82) is 0 Å². The van der Waals surface area contributed by atoms with Crippen LogP contribution in [0.5, 0.6) is 0 Å². The molecule has 13 heavy (non-hydrogen) atoms. The molecule has 0 fully saturated rings. The van der Waals surface area contributed by atoms with E-state index in [1.165, 1.54) is 6.07 Å². The van der Waals surface area contributed by atoms with Gasteiger partial charge in [-0.2, -0.15) is 0 Å². The maximum Gasteiger partial charge on any atom is 0.354 e. The number of carbonyl (C=O) groups is 1. The average molecular weight is 202 g/mol. The lowest BCUT2D eigenvalue weighted by atomic mass is 10.4. The van der Waals surface area contributed by atoms with Gasteiger partial charge in [0.05, 0.1) is 0 Å². The SMILES string of the molecule is CN(C)c1cc(C(=O)O)nc(Cl)n1. The van der Waals surface area contributed by atoms with E-state index in [-0.39, 0.29) is 11.0 Å². The molecule has 6 heteroatoms. The molecular formula is C7H8ClN3O2. The summed E-state index contributed by atoms with van der Waals surface area (Å²) < 4.78 is 0. The Labute approximate surface area is 80.0 Å². The van der Waals surface area contributed by atoms with Gasteiger partial charge in [0.1, 0.15) is 5.82 Å². The van der Waals surface area contributed by atoms with Crippen LogP contribution in [0.25, 0.3) is 0 Å². The fraction of sp³-hybridized carbons (Fsp3) is 0.286. The average Bonchev–Trinajstić information content (AvgIpc) is 2.03. The van der Waals surface area contributed by atoms with Gasteiger partial charge in [0.2, 0.25) is 5.28 Å². The summed E-state index contributed by atoms with van der Waals surface area (Å²) in [7, 11) is 3.48. The van der Waals surface area contributed by atoms with Gasteiger partial charge in [-0.05, 0) is 11.6 Å². The number of aromatic nitrogens is 2. The molecule has 0 spiro atoms. The first-order valence-corrected chi connectivity index (χ1v) is 3.83.